The van der Waals surface area contributed by atoms with Crippen LogP contribution in [-0.4, -0.2) is 52.1 Å². The first-order valence-electron chi connectivity index (χ1n) is 9.41. The van der Waals surface area contributed by atoms with Crippen molar-refractivity contribution in [3.8, 4) is 0 Å². The van der Waals surface area contributed by atoms with Gasteiger partial charge in [0, 0.05) is 17.5 Å². The van der Waals surface area contributed by atoms with Crippen LogP contribution in [0.1, 0.15) is 39.7 Å². The highest BCUT2D eigenvalue weighted by atomic mass is 16.4. The highest BCUT2D eigenvalue weighted by Crippen LogP contribution is 2.17. The van der Waals surface area contributed by atoms with Crippen molar-refractivity contribution in [3.05, 3.63) is 35.9 Å². The summed E-state index contributed by atoms with van der Waals surface area (Å²) in [6.07, 6.45) is -0.231. The van der Waals surface area contributed by atoms with E-state index in [2.05, 4.69) is 10.6 Å². The molecule has 0 heterocycles. The van der Waals surface area contributed by atoms with E-state index in [1.54, 1.807) is 27.7 Å². The number of carboxylic acid groups (broad SMARTS) is 1. The van der Waals surface area contributed by atoms with Crippen LogP contribution in [0, 0.1) is 0 Å². The summed E-state index contributed by atoms with van der Waals surface area (Å²) in [5, 5.41) is 14.3. The first-order chi connectivity index (χ1) is 13.2. The molecule has 0 saturated heterocycles. The zero-order chi connectivity index (χ0) is 22.4. The maximum Gasteiger partial charge on any atom is 0.321 e. The molecule has 0 radical (unpaired) electrons. The minimum atomic E-state index is -1.35. The molecular formula is C20H33N5O4. The van der Waals surface area contributed by atoms with E-state index in [4.69, 9.17) is 22.3 Å². The standard InChI is InChI=1S/C20H33N5O4/c1-19(2,22)18(20(3,4)23)25-16(27)14(10-12-8-6-5-7-9-12)24-15(26)11-13(21)17(28)29/h5-9,13-14,18H,10-11,21-23H2,1-4H3,(H,24,26)(H,25,27)(H,28,29)/t13-,14-/m0/s1. The van der Waals surface area contributed by atoms with Crippen LogP contribution in [0.2, 0.25) is 0 Å². The van der Waals surface area contributed by atoms with Crippen molar-refractivity contribution in [1.29, 1.82) is 0 Å². The third-order valence-electron chi connectivity index (χ3n) is 4.43. The van der Waals surface area contributed by atoms with Gasteiger partial charge in [-0.25, -0.2) is 0 Å². The Morgan fingerprint density at radius 2 is 1.52 bits per heavy atom. The van der Waals surface area contributed by atoms with Crippen molar-refractivity contribution in [2.75, 3.05) is 0 Å². The molecule has 0 bridgehead atoms. The summed E-state index contributed by atoms with van der Waals surface area (Å²) >= 11 is 0. The number of amides is 2. The first-order valence-corrected chi connectivity index (χ1v) is 9.41. The quantitative estimate of drug-likeness (QED) is 0.302. The maximum absolute atomic E-state index is 13.0. The number of nitrogens with one attached hydrogen (secondary N) is 2. The molecule has 2 amide bonds. The number of carbonyl (C=O) groups is 3. The summed E-state index contributed by atoms with van der Waals surface area (Å²) in [6, 6.07) is 6.25. The molecule has 1 aromatic rings. The van der Waals surface area contributed by atoms with Crippen LogP contribution in [0.15, 0.2) is 30.3 Å². The molecule has 0 fully saturated rings. The Bertz CT molecular complexity index is 696. The highest BCUT2D eigenvalue weighted by molar-refractivity contribution is 5.90. The fourth-order valence-electron chi connectivity index (χ4n) is 3.17. The summed E-state index contributed by atoms with van der Waals surface area (Å²) in [4.78, 5) is 36.2. The third kappa shape index (κ3) is 8.18. The van der Waals surface area contributed by atoms with Gasteiger partial charge in [0.25, 0.3) is 0 Å². The zero-order valence-electron chi connectivity index (χ0n) is 17.4. The number of carboxylic acids is 1. The molecule has 2 atom stereocenters. The van der Waals surface area contributed by atoms with Gasteiger partial charge in [-0.1, -0.05) is 30.3 Å². The number of carbonyl (C=O) groups excluding carboxylic acids is 2. The predicted octanol–water partition coefficient (Wildman–Crippen LogP) is -0.525. The molecule has 0 saturated carbocycles. The largest absolute Gasteiger partial charge is 0.480 e. The molecule has 0 aliphatic rings. The van der Waals surface area contributed by atoms with E-state index in [-0.39, 0.29) is 6.42 Å². The minimum Gasteiger partial charge on any atom is -0.480 e. The third-order valence-corrected chi connectivity index (χ3v) is 4.43. The van der Waals surface area contributed by atoms with E-state index in [0.717, 1.165) is 5.56 Å². The summed E-state index contributed by atoms with van der Waals surface area (Å²) < 4.78 is 0. The summed E-state index contributed by atoms with van der Waals surface area (Å²) in [6.45, 7) is 7.01. The van der Waals surface area contributed by atoms with Crippen LogP contribution >= 0.6 is 0 Å². The van der Waals surface area contributed by atoms with Gasteiger partial charge >= 0.3 is 5.97 Å². The SMILES string of the molecule is CC(C)(N)C(NC(=O)[C@H](Cc1ccccc1)NC(=O)C[C@H](N)C(=O)O)C(C)(C)N. The number of nitrogens with two attached hydrogens (primary N) is 3. The average molecular weight is 408 g/mol. The van der Waals surface area contributed by atoms with Gasteiger partial charge in [-0.3, -0.25) is 14.4 Å². The lowest BCUT2D eigenvalue weighted by molar-refractivity contribution is -0.140. The van der Waals surface area contributed by atoms with Crippen LogP contribution in [0.3, 0.4) is 0 Å². The Kier molecular flexibility index (Phi) is 8.31. The minimum absolute atomic E-state index is 0.212. The molecule has 9 N–H and O–H groups in total. The van der Waals surface area contributed by atoms with Gasteiger partial charge in [0.15, 0.2) is 0 Å². The fraction of sp³-hybridized carbons (Fsp3) is 0.550. The van der Waals surface area contributed by atoms with Gasteiger partial charge in [-0.2, -0.15) is 0 Å². The smallest absolute Gasteiger partial charge is 0.321 e. The second-order valence-electron chi connectivity index (χ2n) is 8.54. The molecule has 0 unspecified atom stereocenters. The van der Waals surface area contributed by atoms with Crippen LogP contribution in [0.25, 0.3) is 0 Å². The van der Waals surface area contributed by atoms with Gasteiger partial charge in [-0.05, 0) is 33.3 Å². The first kappa shape index (κ1) is 24.5. The Hall–Kier alpha value is -2.49. The molecule has 162 valence electrons. The van der Waals surface area contributed by atoms with E-state index < -0.39 is 53.4 Å². The van der Waals surface area contributed by atoms with Crippen LogP contribution < -0.4 is 27.8 Å². The average Bonchev–Trinajstić information content (AvgIpc) is 2.57. The van der Waals surface area contributed by atoms with E-state index in [0.29, 0.717) is 0 Å². The Labute approximate surface area is 171 Å². The Morgan fingerprint density at radius 3 is 1.97 bits per heavy atom. The monoisotopic (exact) mass is 407 g/mol. The maximum atomic E-state index is 13.0. The number of aliphatic carboxylic acids is 1. The molecule has 0 aliphatic carbocycles. The van der Waals surface area contributed by atoms with E-state index in [1.165, 1.54) is 0 Å². The second-order valence-corrected chi connectivity index (χ2v) is 8.54. The van der Waals surface area contributed by atoms with Crippen molar-refractivity contribution in [3.63, 3.8) is 0 Å². The topological polar surface area (TPSA) is 174 Å². The molecule has 9 heteroatoms. The number of benzene rings is 1. The van der Waals surface area contributed by atoms with Crippen molar-refractivity contribution in [1.82, 2.24) is 10.6 Å². The summed E-state index contributed by atoms with van der Waals surface area (Å²) in [5.41, 5.74) is 17.0. The molecule has 1 aromatic carbocycles. The van der Waals surface area contributed by atoms with Crippen molar-refractivity contribution >= 4 is 17.8 Å². The van der Waals surface area contributed by atoms with Crippen molar-refractivity contribution in [2.24, 2.45) is 17.2 Å². The number of hydrogen-bond acceptors (Lipinski definition) is 6. The van der Waals surface area contributed by atoms with Gasteiger partial charge in [0.1, 0.15) is 12.1 Å². The molecular weight excluding hydrogens is 374 g/mol. The van der Waals surface area contributed by atoms with E-state index >= 15 is 0 Å². The van der Waals surface area contributed by atoms with E-state index in [1.807, 2.05) is 30.3 Å². The lowest BCUT2D eigenvalue weighted by Crippen LogP contribution is -2.68. The number of rotatable bonds is 10. The fourth-order valence-corrected chi connectivity index (χ4v) is 3.17. The Morgan fingerprint density at radius 1 is 1.00 bits per heavy atom. The van der Waals surface area contributed by atoms with Crippen LogP contribution in [-0.2, 0) is 20.8 Å². The van der Waals surface area contributed by atoms with Gasteiger partial charge in [0.05, 0.1) is 12.5 Å². The van der Waals surface area contributed by atoms with Crippen LogP contribution in [0.5, 0.6) is 0 Å². The van der Waals surface area contributed by atoms with Gasteiger partial charge in [0.2, 0.25) is 11.8 Å². The molecule has 0 aromatic heterocycles. The number of hydrogen-bond donors (Lipinski definition) is 6. The molecule has 0 aliphatic heterocycles. The van der Waals surface area contributed by atoms with Gasteiger partial charge in [-0.15, -0.1) is 0 Å². The molecule has 1 rings (SSSR count). The molecule has 9 nitrogen and oxygen atoms in total. The predicted molar refractivity (Wildman–Crippen MR) is 111 cm³/mol. The second kappa shape index (κ2) is 9.82. The summed E-state index contributed by atoms with van der Waals surface area (Å²) in [5.74, 6) is -2.39. The van der Waals surface area contributed by atoms with Crippen molar-refractivity contribution < 1.29 is 19.5 Å². The van der Waals surface area contributed by atoms with Crippen molar-refractivity contribution in [2.45, 2.75) is 69.7 Å². The lowest BCUT2D eigenvalue weighted by atomic mass is 9.82. The normalized spacial score (nSPS) is 14.2. The van der Waals surface area contributed by atoms with Gasteiger partial charge < -0.3 is 32.9 Å². The summed E-state index contributed by atoms with van der Waals surface area (Å²) in [7, 11) is 0. The molecule has 29 heavy (non-hydrogen) atoms. The zero-order valence-corrected chi connectivity index (χ0v) is 17.4. The highest BCUT2D eigenvalue weighted by Gasteiger charge is 2.38. The lowest BCUT2D eigenvalue weighted by Gasteiger charge is -2.41. The van der Waals surface area contributed by atoms with Crippen LogP contribution in [0.4, 0.5) is 0 Å². The molecule has 0 spiro atoms. The Balaban J connectivity index is 3.04. The van der Waals surface area contributed by atoms with E-state index in [9.17, 15) is 14.4 Å².